The minimum Gasteiger partial charge on any atom is -0.388 e. The molecule has 0 aliphatic heterocycles. The fourth-order valence-corrected chi connectivity index (χ4v) is 2.47. The van der Waals surface area contributed by atoms with E-state index >= 15 is 0 Å². The van der Waals surface area contributed by atoms with Crippen LogP contribution in [-0.4, -0.2) is 17.3 Å². The van der Waals surface area contributed by atoms with Gasteiger partial charge in [-0.05, 0) is 34.8 Å². The SMILES string of the molecule is OC1(CNc2cc(Br)c(F)cc2F)CCCC1. The largest absolute Gasteiger partial charge is 0.388 e. The minimum atomic E-state index is -0.757. The Hall–Kier alpha value is -0.680. The van der Waals surface area contributed by atoms with Crippen LogP contribution in [0.15, 0.2) is 16.6 Å². The highest BCUT2D eigenvalue weighted by molar-refractivity contribution is 9.10. The van der Waals surface area contributed by atoms with Gasteiger partial charge in [0.1, 0.15) is 11.6 Å². The molecule has 1 aliphatic carbocycles. The van der Waals surface area contributed by atoms with Crippen molar-refractivity contribution in [3.63, 3.8) is 0 Å². The summed E-state index contributed by atoms with van der Waals surface area (Å²) in [5, 5.41) is 12.9. The molecule has 2 N–H and O–H groups in total. The maximum atomic E-state index is 13.4. The molecule has 0 heterocycles. The first kappa shape index (κ1) is 12.8. The first-order valence-electron chi connectivity index (χ1n) is 5.61. The van der Waals surface area contributed by atoms with Crippen molar-refractivity contribution in [2.24, 2.45) is 0 Å². The summed E-state index contributed by atoms with van der Waals surface area (Å²) >= 11 is 3.00. The van der Waals surface area contributed by atoms with E-state index in [4.69, 9.17) is 0 Å². The van der Waals surface area contributed by atoms with Crippen molar-refractivity contribution in [3.8, 4) is 0 Å². The molecule has 94 valence electrons. The lowest BCUT2D eigenvalue weighted by Gasteiger charge is -2.23. The van der Waals surface area contributed by atoms with Gasteiger partial charge in [-0.2, -0.15) is 0 Å². The molecule has 0 saturated heterocycles. The number of hydrogen-bond donors (Lipinski definition) is 2. The van der Waals surface area contributed by atoms with Gasteiger partial charge in [0.05, 0.1) is 15.8 Å². The average molecular weight is 306 g/mol. The quantitative estimate of drug-likeness (QED) is 0.838. The highest BCUT2D eigenvalue weighted by Gasteiger charge is 2.30. The number of hydrogen-bond acceptors (Lipinski definition) is 2. The Morgan fingerprint density at radius 3 is 2.53 bits per heavy atom. The Balaban J connectivity index is 2.06. The van der Waals surface area contributed by atoms with Crippen LogP contribution in [0.2, 0.25) is 0 Å². The van der Waals surface area contributed by atoms with Crippen LogP contribution in [-0.2, 0) is 0 Å². The summed E-state index contributed by atoms with van der Waals surface area (Å²) in [5.74, 6) is -1.28. The third-order valence-corrected chi connectivity index (χ3v) is 3.76. The monoisotopic (exact) mass is 305 g/mol. The second kappa shape index (κ2) is 4.90. The van der Waals surface area contributed by atoms with E-state index in [2.05, 4.69) is 21.2 Å². The number of aliphatic hydroxyl groups is 1. The molecule has 0 bridgehead atoms. The van der Waals surface area contributed by atoms with Gasteiger partial charge in [0.25, 0.3) is 0 Å². The molecule has 0 unspecified atom stereocenters. The zero-order chi connectivity index (χ0) is 12.5. The fourth-order valence-electron chi connectivity index (χ4n) is 2.13. The molecular weight excluding hydrogens is 292 g/mol. The van der Waals surface area contributed by atoms with Gasteiger partial charge in [0.2, 0.25) is 0 Å². The Morgan fingerprint density at radius 1 is 1.24 bits per heavy atom. The summed E-state index contributed by atoms with van der Waals surface area (Å²) in [6.45, 7) is 0.294. The molecule has 5 heteroatoms. The minimum absolute atomic E-state index is 0.207. The predicted molar refractivity (Wildman–Crippen MR) is 66.0 cm³/mol. The van der Waals surface area contributed by atoms with E-state index in [-0.39, 0.29) is 10.2 Å². The van der Waals surface area contributed by atoms with Gasteiger partial charge in [-0.1, -0.05) is 12.8 Å². The van der Waals surface area contributed by atoms with Gasteiger partial charge in [-0.25, -0.2) is 8.78 Å². The van der Waals surface area contributed by atoms with Gasteiger partial charge in [0, 0.05) is 12.6 Å². The summed E-state index contributed by atoms with van der Waals surface area (Å²) in [5.41, 5.74) is -0.550. The second-order valence-corrected chi connectivity index (χ2v) is 5.39. The van der Waals surface area contributed by atoms with Gasteiger partial charge in [-0.15, -0.1) is 0 Å². The van der Waals surface area contributed by atoms with Crippen molar-refractivity contribution >= 4 is 21.6 Å². The molecular formula is C12H14BrF2NO. The first-order valence-corrected chi connectivity index (χ1v) is 6.40. The van der Waals surface area contributed by atoms with Crippen LogP contribution in [0.25, 0.3) is 0 Å². The maximum absolute atomic E-state index is 13.4. The van der Waals surface area contributed by atoms with Gasteiger partial charge in [0.15, 0.2) is 0 Å². The highest BCUT2D eigenvalue weighted by atomic mass is 79.9. The van der Waals surface area contributed by atoms with Crippen molar-refractivity contribution in [2.45, 2.75) is 31.3 Å². The molecule has 0 amide bonds. The Labute approximate surface area is 107 Å². The molecule has 1 fully saturated rings. The number of rotatable bonds is 3. The first-order chi connectivity index (χ1) is 8.00. The lowest BCUT2D eigenvalue weighted by Crippen LogP contribution is -2.33. The van der Waals surface area contributed by atoms with E-state index in [9.17, 15) is 13.9 Å². The summed E-state index contributed by atoms with van der Waals surface area (Å²) < 4.78 is 26.6. The molecule has 2 nitrogen and oxygen atoms in total. The molecule has 0 spiro atoms. The van der Waals surface area contributed by atoms with E-state index in [0.29, 0.717) is 6.54 Å². The number of halogens is 3. The second-order valence-electron chi connectivity index (χ2n) is 4.53. The van der Waals surface area contributed by atoms with E-state index in [1.165, 1.54) is 6.07 Å². The molecule has 17 heavy (non-hydrogen) atoms. The van der Waals surface area contributed by atoms with Crippen LogP contribution in [0.4, 0.5) is 14.5 Å². The molecule has 2 rings (SSSR count). The van der Waals surface area contributed by atoms with Crippen molar-refractivity contribution < 1.29 is 13.9 Å². The van der Waals surface area contributed by atoms with Crippen LogP contribution in [0.1, 0.15) is 25.7 Å². The lowest BCUT2D eigenvalue weighted by atomic mass is 10.0. The summed E-state index contributed by atoms with van der Waals surface area (Å²) in [6.07, 6.45) is 3.44. The zero-order valence-corrected chi connectivity index (χ0v) is 10.9. The van der Waals surface area contributed by atoms with E-state index in [1.54, 1.807) is 0 Å². The number of benzene rings is 1. The van der Waals surface area contributed by atoms with E-state index in [1.807, 2.05) is 0 Å². The molecule has 1 aromatic carbocycles. The summed E-state index contributed by atoms with van der Waals surface area (Å²) in [7, 11) is 0. The van der Waals surface area contributed by atoms with Crippen LogP contribution in [0.5, 0.6) is 0 Å². The van der Waals surface area contributed by atoms with Crippen molar-refractivity contribution in [1.29, 1.82) is 0 Å². The fraction of sp³-hybridized carbons (Fsp3) is 0.500. The van der Waals surface area contributed by atoms with Gasteiger partial charge >= 0.3 is 0 Å². The Bertz CT molecular complexity index is 419. The van der Waals surface area contributed by atoms with E-state index < -0.39 is 17.2 Å². The van der Waals surface area contributed by atoms with Crippen molar-refractivity contribution in [2.75, 3.05) is 11.9 Å². The van der Waals surface area contributed by atoms with Gasteiger partial charge in [-0.3, -0.25) is 0 Å². The van der Waals surface area contributed by atoms with Gasteiger partial charge < -0.3 is 10.4 Å². The molecule has 1 saturated carbocycles. The topological polar surface area (TPSA) is 32.3 Å². The number of nitrogens with one attached hydrogen (secondary N) is 1. The lowest BCUT2D eigenvalue weighted by molar-refractivity contribution is 0.0614. The van der Waals surface area contributed by atoms with Crippen LogP contribution in [0.3, 0.4) is 0 Å². The third kappa shape index (κ3) is 2.96. The van der Waals surface area contributed by atoms with Crippen molar-refractivity contribution in [3.05, 3.63) is 28.2 Å². The molecule has 0 radical (unpaired) electrons. The van der Waals surface area contributed by atoms with Crippen molar-refractivity contribution in [1.82, 2.24) is 0 Å². The molecule has 0 aromatic heterocycles. The van der Waals surface area contributed by atoms with Crippen LogP contribution >= 0.6 is 15.9 Å². The highest BCUT2D eigenvalue weighted by Crippen LogP contribution is 2.30. The molecule has 1 aliphatic rings. The standard InChI is InChI=1S/C12H14BrF2NO/c13-8-5-11(10(15)6-9(8)14)16-7-12(17)3-1-2-4-12/h5-6,16-17H,1-4,7H2. The predicted octanol–water partition coefficient (Wildman–Crippen LogP) is 3.44. The summed E-state index contributed by atoms with van der Waals surface area (Å²) in [6, 6.07) is 2.17. The average Bonchev–Trinajstić information content (AvgIpc) is 2.69. The third-order valence-electron chi connectivity index (χ3n) is 3.15. The van der Waals surface area contributed by atoms with E-state index in [0.717, 1.165) is 31.7 Å². The smallest absolute Gasteiger partial charge is 0.149 e. The zero-order valence-electron chi connectivity index (χ0n) is 9.27. The Kier molecular flexibility index (Phi) is 3.68. The summed E-state index contributed by atoms with van der Waals surface area (Å²) in [4.78, 5) is 0. The maximum Gasteiger partial charge on any atom is 0.149 e. The normalized spacial score (nSPS) is 18.4. The number of anilines is 1. The van der Waals surface area contributed by atoms with Crippen LogP contribution < -0.4 is 5.32 Å². The Morgan fingerprint density at radius 2 is 1.88 bits per heavy atom. The molecule has 0 atom stereocenters. The van der Waals surface area contributed by atoms with Crippen LogP contribution in [0, 0.1) is 11.6 Å². The molecule has 1 aromatic rings.